The van der Waals surface area contributed by atoms with E-state index in [1.54, 1.807) is 0 Å². The summed E-state index contributed by atoms with van der Waals surface area (Å²) in [7, 11) is 0. The van der Waals surface area contributed by atoms with Crippen LogP contribution in [-0.4, -0.2) is 17.1 Å². The van der Waals surface area contributed by atoms with Crippen molar-refractivity contribution in [2.75, 3.05) is 0 Å². The fourth-order valence-electron chi connectivity index (χ4n) is 2.14. The van der Waals surface area contributed by atoms with Crippen LogP contribution in [0.15, 0.2) is 54.6 Å². The number of carboxylic acids is 1. The van der Waals surface area contributed by atoms with Gasteiger partial charge in [0.15, 0.2) is 0 Å². The molecule has 0 heterocycles. The van der Waals surface area contributed by atoms with Crippen molar-refractivity contribution < 1.29 is 14.6 Å². The predicted molar refractivity (Wildman–Crippen MR) is 86.1 cm³/mol. The summed E-state index contributed by atoms with van der Waals surface area (Å²) in [6, 6.07) is 16.7. The second-order valence-corrected chi connectivity index (χ2v) is 5.50. The van der Waals surface area contributed by atoms with Crippen LogP contribution in [0.3, 0.4) is 0 Å². The van der Waals surface area contributed by atoms with Crippen molar-refractivity contribution in [3.05, 3.63) is 60.2 Å². The van der Waals surface area contributed by atoms with Crippen molar-refractivity contribution in [2.24, 2.45) is 5.92 Å². The number of aliphatic carboxylic acids is 1. The van der Waals surface area contributed by atoms with E-state index in [0.29, 0.717) is 6.54 Å². The SMILES string of the molecule is CC(C)C(NCc1ccc(Oc2ccccc2)cc1)C(=O)O. The normalized spacial score (nSPS) is 12.1. The Hall–Kier alpha value is -2.33. The Morgan fingerprint density at radius 2 is 1.64 bits per heavy atom. The highest BCUT2D eigenvalue weighted by Crippen LogP contribution is 2.21. The third-order valence-electron chi connectivity index (χ3n) is 3.36. The summed E-state index contributed by atoms with van der Waals surface area (Å²) in [5.41, 5.74) is 1.02. The van der Waals surface area contributed by atoms with Gasteiger partial charge in [0.25, 0.3) is 0 Å². The van der Waals surface area contributed by atoms with E-state index in [1.165, 1.54) is 0 Å². The molecule has 0 saturated carbocycles. The molecule has 4 heteroatoms. The van der Waals surface area contributed by atoms with Gasteiger partial charge in [-0.15, -0.1) is 0 Å². The molecule has 2 rings (SSSR count). The summed E-state index contributed by atoms with van der Waals surface area (Å²) in [5, 5.41) is 12.2. The van der Waals surface area contributed by atoms with Crippen molar-refractivity contribution in [1.82, 2.24) is 5.32 Å². The number of benzene rings is 2. The highest BCUT2D eigenvalue weighted by Gasteiger charge is 2.20. The first-order valence-corrected chi connectivity index (χ1v) is 7.34. The van der Waals surface area contributed by atoms with E-state index in [2.05, 4.69) is 5.32 Å². The monoisotopic (exact) mass is 299 g/mol. The van der Waals surface area contributed by atoms with Crippen molar-refractivity contribution >= 4 is 5.97 Å². The third kappa shape index (κ3) is 4.60. The molecular formula is C18H21NO3. The summed E-state index contributed by atoms with van der Waals surface area (Å²) in [6.07, 6.45) is 0. The molecule has 0 aromatic heterocycles. The van der Waals surface area contributed by atoms with E-state index in [1.807, 2.05) is 68.4 Å². The summed E-state index contributed by atoms with van der Waals surface area (Å²) in [4.78, 5) is 11.1. The van der Waals surface area contributed by atoms with E-state index in [4.69, 9.17) is 9.84 Å². The van der Waals surface area contributed by atoms with Gasteiger partial charge in [0.2, 0.25) is 0 Å². The van der Waals surface area contributed by atoms with Crippen LogP contribution in [0, 0.1) is 5.92 Å². The smallest absolute Gasteiger partial charge is 0.320 e. The number of nitrogens with one attached hydrogen (secondary N) is 1. The van der Waals surface area contributed by atoms with E-state index in [9.17, 15) is 4.79 Å². The molecule has 2 N–H and O–H groups in total. The zero-order valence-corrected chi connectivity index (χ0v) is 12.8. The summed E-state index contributed by atoms with van der Waals surface area (Å²) in [6.45, 7) is 4.30. The van der Waals surface area contributed by atoms with Crippen molar-refractivity contribution in [3.63, 3.8) is 0 Å². The maximum Gasteiger partial charge on any atom is 0.320 e. The van der Waals surface area contributed by atoms with E-state index < -0.39 is 12.0 Å². The second-order valence-electron chi connectivity index (χ2n) is 5.50. The lowest BCUT2D eigenvalue weighted by atomic mass is 10.0. The first kappa shape index (κ1) is 16.0. The van der Waals surface area contributed by atoms with Gasteiger partial charge < -0.3 is 15.2 Å². The lowest BCUT2D eigenvalue weighted by Gasteiger charge is -2.18. The topological polar surface area (TPSA) is 58.6 Å². The Kier molecular flexibility index (Phi) is 5.55. The highest BCUT2D eigenvalue weighted by atomic mass is 16.5. The molecule has 22 heavy (non-hydrogen) atoms. The lowest BCUT2D eigenvalue weighted by Crippen LogP contribution is -2.40. The van der Waals surface area contributed by atoms with Gasteiger partial charge in [0.1, 0.15) is 17.5 Å². The zero-order valence-electron chi connectivity index (χ0n) is 12.8. The average molecular weight is 299 g/mol. The largest absolute Gasteiger partial charge is 0.480 e. The van der Waals surface area contributed by atoms with Gasteiger partial charge in [-0.05, 0) is 35.7 Å². The summed E-state index contributed by atoms with van der Waals surface area (Å²) >= 11 is 0. The fraction of sp³-hybridized carbons (Fsp3) is 0.278. The van der Waals surface area contributed by atoms with Gasteiger partial charge in [-0.3, -0.25) is 4.79 Å². The number of rotatable bonds is 7. The first-order chi connectivity index (χ1) is 10.6. The van der Waals surface area contributed by atoms with Crippen molar-refractivity contribution in [2.45, 2.75) is 26.4 Å². The Labute approximate surface area is 130 Å². The summed E-state index contributed by atoms with van der Waals surface area (Å²) < 4.78 is 5.72. The lowest BCUT2D eigenvalue weighted by molar-refractivity contribution is -0.140. The number of carboxylic acid groups (broad SMARTS) is 1. The van der Waals surface area contributed by atoms with Gasteiger partial charge in [-0.25, -0.2) is 0 Å². The molecule has 0 aliphatic carbocycles. The van der Waals surface area contributed by atoms with Crippen LogP contribution in [0.25, 0.3) is 0 Å². The molecule has 1 atom stereocenters. The Morgan fingerprint density at radius 3 is 2.18 bits per heavy atom. The molecule has 0 radical (unpaired) electrons. The minimum Gasteiger partial charge on any atom is -0.480 e. The molecule has 0 spiro atoms. The molecule has 0 bridgehead atoms. The molecule has 1 unspecified atom stereocenters. The van der Waals surface area contributed by atoms with Gasteiger partial charge in [0.05, 0.1) is 0 Å². The van der Waals surface area contributed by atoms with Gasteiger partial charge >= 0.3 is 5.97 Å². The summed E-state index contributed by atoms with van der Waals surface area (Å²) in [5.74, 6) is 0.768. The number of hydrogen-bond donors (Lipinski definition) is 2. The fourth-order valence-corrected chi connectivity index (χ4v) is 2.14. The van der Waals surface area contributed by atoms with Gasteiger partial charge in [-0.1, -0.05) is 44.2 Å². The van der Waals surface area contributed by atoms with Gasteiger partial charge in [0, 0.05) is 6.54 Å². The van der Waals surface area contributed by atoms with Gasteiger partial charge in [-0.2, -0.15) is 0 Å². The van der Waals surface area contributed by atoms with Crippen LogP contribution in [0.4, 0.5) is 0 Å². The first-order valence-electron chi connectivity index (χ1n) is 7.34. The molecule has 2 aromatic rings. The van der Waals surface area contributed by atoms with Crippen molar-refractivity contribution in [1.29, 1.82) is 0 Å². The van der Waals surface area contributed by atoms with E-state index in [-0.39, 0.29) is 5.92 Å². The number of para-hydroxylation sites is 1. The van der Waals surface area contributed by atoms with E-state index >= 15 is 0 Å². The number of ether oxygens (including phenoxy) is 1. The van der Waals surface area contributed by atoms with Crippen LogP contribution in [-0.2, 0) is 11.3 Å². The van der Waals surface area contributed by atoms with Crippen LogP contribution >= 0.6 is 0 Å². The molecule has 4 nitrogen and oxygen atoms in total. The second kappa shape index (κ2) is 7.61. The standard InChI is InChI=1S/C18H21NO3/c1-13(2)17(18(20)21)19-12-14-8-10-16(11-9-14)22-15-6-4-3-5-7-15/h3-11,13,17,19H,12H2,1-2H3,(H,20,21). The van der Waals surface area contributed by atoms with Crippen LogP contribution in [0.2, 0.25) is 0 Å². The highest BCUT2D eigenvalue weighted by molar-refractivity contribution is 5.73. The minimum absolute atomic E-state index is 0.0400. The zero-order chi connectivity index (χ0) is 15.9. The van der Waals surface area contributed by atoms with E-state index in [0.717, 1.165) is 17.1 Å². The quantitative estimate of drug-likeness (QED) is 0.819. The molecule has 0 amide bonds. The molecular weight excluding hydrogens is 278 g/mol. The number of carbonyl (C=O) groups is 1. The Morgan fingerprint density at radius 1 is 1.05 bits per heavy atom. The molecule has 0 fully saturated rings. The van der Waals surface area contributed by atoms with Crippen molar-refractivity contribution in [3.8, 4) is 11.5 Å². The van der Waals surface area contributed by atoms with Crippen LogP contribution < -0.4 is 10.1 Å². The Balaban J connectivity index is 1.93. The molecule has 116 valence electrons. The average Bonchev–Trinajstić information content (AvgIpc) is 2.49. The molecule has 2 aromatic carbocycles. The molecule has 0 saturated heterocycles. The third-order valence-corrected chi connectivity index (χ3v) is 3.36. The predicted octanol–water partition coefficient (Wildman–Crippen LogP) is 3.68. The minimum atomic E-state index is -0.820. The molecule has 0 aliphatic heterocycles. The maximum atomic E-state index is 11.1. The Bertz CT molecular complexity index is 593. The van der Waals surface area contributed by atoms with Crippen LogP contribution in [0.1, 0.15) is 19.4 Å². The number of hydrogen-bond acceptors (Lipinski definition) is 3. The maximum absolute atomic E-state index is 11.1. The molecule has 0 aliphatic rings. The van der Waals surface area contributed by atoms with Crippen LogP contribution in [0.5, 0.6) is 11.5 Å².